The van der Waals surface area contributed by atoms with Gasteiger partial charge in [-0.15, -0.1) is 0 Å². The van der Waals surface area contributed by atoms with E-state index in [2.05, 4.69) is 15.2 Å². The van der Waals surface area contributed by atoms with Crippen molar-refractivity contribution in [2.24, 2.45) is 5.73 Å². The summed E-state index contributed by atoms with van der Waals surface area (Å²) in [5, 5.41) is 7.37. The van der Waals surface area contributed by atoms with Crippen molar-refractivity contribution < 1.29 is 9.53 Å². The van der Waals surface area contributed by atoms with Crippen LogP contribution in [0.3, 0.4) is 0 Å². The number of ether oxygens (including phenoxy) is 1. The number of nitrogens with one attached hydrogen (secondary N) is 1. The number of hydrogen-bond donors (Lipinski definition) is 2. The monoisotopic (exact) mass is 220 g/mol. The van der Waals surface area contributed by atoms with Crippen LogP contribution in [0.1, 0.15) is 23.0 Å². The van der Waals surface area contributed by atoms with Gasteiger partial charge in [0.05, 0.1) is 23.3 Å². The molecule has 0 aliphatic rings. The van der Waals surface area contributed by atoms with E-state index in [0.717, 1.165) is 0 Å². The maximum atomic E-state index is 11.7. The van der Waals surface area contributed by atoms with Crippen LogP contribution >= 0.6 is 0 Å². The highest BCUT2D eigenvalue weighted by molar-refractivity contribution is 6.03. The van der Waals surface area contributed by atoms with Crippen LogP contribution in [0.2, 0.25) is 0 Å². The first-order valence-corrected chi connectivity index (χ1v) is 4.97. The van der Waals surface area contributed by atoms with E-state index >= 15 is 0 Å². The number of aromatic amines is 1. The molecule has 84 valence electrons. The Labute approximate surface area is 91.8 Å². The van der Waals surface area contributed by atoms with Gasteiger partial charge < -0.3 is 10.5 Å². The molecule has 0 aromatic carbocycles. The molecule has 6 nitrogen and oxygen atoms in total. The zero-order chi connectivity index (χ0) is 11.5. The molecule has 0 bridgehead atoms. The van der Waals surface area contributed by atoms with Gasteiger partial charge in [0.1, 0.15) is 0 Å². The quantitative estimate of drug-likeness (QED) is 0.738. The van der Waals surface area contributed by atoms with E-state index in [0.29, 0.717) is 28.9 Å². The number of nitrogens with zero attached hydrogens (tertiary/aromatic N) is 2. The highest BCUT2D eigenvalue weighted by Crippen LogP contribution is 2.19. The highest BCUT2D eigenvalue weighted by Gasteiger charge is 2.16. The van der Waals surface area contributed by atoms with Gasteiger partial charge in [0.25, 0.3) is 0 Å². The molecule has 2 heterocycles. The number of aromatic nitrogens is 3. The van der Waals surface area contributed by atoms with Crippen molar-refractivity contribution in [1.29, 1.82) is 0 Å². The number of esters is 1. The number of pyridine rings is 1. The van der Waals surface area contributed by atoms with E-state index in [9.17, 15) is 4.79 Å². The summed E-state index contributed by atoms with van der Waals surface area (Å²) in [6, 6.07) is 1.61. The molecule has 16 heavy (non-hydrogen) atoms. The summed E-state index contributed by atoms with van der Waals surface area (Å²) in [7, 11) is 0. The molecular formula is C10H12N4O2. The summed E-state index contributed by atoms with van der Waals surface area (Å²) in [6.45, 7) is 2.36. The first-order valence-electron chi connectivity index (χ1n) is 4.97. The molecule has 0 spiro atoms. The van der Waals surface area contributed by atoms with Crippen LogP contribution in [0.5, 0.6) is 0 Å². The van der Waals surface area contributed by atoms with E-state index in [-0.39, 0.29) is 12.5 Å². The maximum absolute atomic E-state index is 11.7. The zero-order valence-electron chi connectivity index (χ0n) is 8.86. The van der Waals surface area contributed by atoms with Crippen LogP contribution in [0.15, 0.2) is 12.3 Å². The highest BCUT2D eigenvalue weighted by atomic mass is 16.5. The van der Waals surface area contributed by atoms with Gasteiger partial charge in [-0.05, 0) is 13.0 Å². The van der Waals surface area contributed by atoms with Gasteiger partial charge >= 0.3 is 5.97 Å². The van der Waals surface area contributed by atoms with E-state index < -0.39 is 0 Å². The third-order valence-electron chi connectivity index (χ3n) is 2.23. The van der Waals surface area contributed by atoms with E-state index in [1.54, 1.807) is 13.0 Å². The van der Waals surface area contributed by atoms with Crippen molar-refractivity contribution in [2.45, 2.75) is 13.5 Å². The molecule has 0 radical (unpaired) electrons. The molecule has 0 amide bonds. The first-order chi connectivity index (χ1) is 7.77. The average Bonchev–Trinajstić information content (AvgIpc) is 2.72. The fraction of sp³-hybridized carbons (Fsp3) is 0.300. The first kappa shape index (κ1) is 10.6. The number of nitrogens with two attached hydrogens (primary N) is 1. The molecular weight excluding hydrogens is 208 g/mol. The fourth-order valence-electron chi connectivity index (χ4n) is 1.54. The van der Waals surface area contributed by atoms with Gasteiger partial charge in [0.2, 0.25) is 0 Å². The smallest absolute Gasteiger partial charge is 0.338 e. The summed E-state index contributed by atoms with van der Waals surface area (Å²) in [4.78, 5) is 15.7. The number of carbonyl (C=O) groups is 1. The standard InChI is InChI=1S/C10H12N4O2/c1-2-16-10(15)6-3-4-12-9-8(6)7(5-11)13-14-9/h3-4H,2,5,11H2,1H3,(H,12,13,14). The summed E-state index contributed by atoms with van der Waals surface area (Å²) >= 11 is 0. The topological polar surface area (TPSA) is 93.9 Å². The maximum Gasteiger partial charge on any atom is 0.338 e. The van der Waals surface area contributed by atoms with Gasteiger partial charge in [-0.25, -0.2) is 9.78 Å². The number of hydrogen-bond acceptors (Lipinski definition) is 5. The zero-order valence-corrected chi connectivity index (χ0v) is 8.86. The molecule has 6 heteroatoms. The largest absolute Gasteiger partial charge is 0.462 e. The van der Waals surface area contributed by atoms with Crippen LogP contribution in [0.4, 0.5) is 0 Å². The molecule has 0 unspecified atom stereocenters. The summed E-state index contributed by atoms with van der Waals surface area (Å²) in [5.41, 5.74) is 7.16. The van der Waals surface area contributed by atoms with E-state index in [1.807, 2.05) is 0 Å². The molecule has 0 aliphatic carbocycles. The normalized spacial score (nSPS) is 10.6. The predicted octanol–water partition coefficient (Wildman–Crippen LogP) is 0.593. The average molecular weight is 220 g/mol. The van der Waals surface area contributed by atoms with Crippen molar-refractivity contribution in [2.75, 3.05) is 6.61 Å². The number of fused-ring (bicyclic) bond motifs is 1. The Bertz CT molecular complexity index is 521. The van der Waals surface area contributed by atoms with E-state index in [4.69, 9.17) is 10.5 Å². The Morgan fingerprint density at radius 3 is 3.12 bits per heavy atom. The molecule has 3 N–H and O–H groups in total. The Hall–Kier alpha value is -1.95. The molecule has 2 aromatic heterocycles. The molecule has 0 saturated carbocycles. The summed E-state index contributed by atoms with van der Waals surface area (Å²) < 4.78 is 4.96. The van der Waals surface area contributed by atoms with Crippen LogP contribution in [-0.4, -0.2) is 27.8 Å². The second-order valence-corrected chi connectivity index (χ2v) is 3.18. The Morgan fingerprint density at radius 2 is 2.44 bits per heavy atom. The lowest BCUT2D eigenvalue weighted by Gasteiger charge is -2.03. The van der Waals surface area contributed by atoms with Crippen LogP contribution < -0.4 is 5.73 Å². The Kier molecular flexibility index (Phi) is 2.82. The van der Waals surface area contributed by atoms with Crippen LogP contribution in [0.25, 0.3) is 11.0 Å². The molecule has 2 rings (SSSR count). The van der Waals surface area contributed by atoms with Crippen molar-refractivity contribution in [3.63, 3.8) is 0 Å². The van der Waals surface area contributed by atoms with Gasteiger partial charge in [0, 0.05) is 12.7 Å². The van der Waals surface area contributed by atoms with Crippen molar-refractivity contribution in [3.8, 4) is 0 Å². The molecule has 0 fully saturated rings. The lowest BCUT2D eigenvalue weighted by atomic mass is 10.1. The third-order valence-corrected chi connectivity index (χ3v) is 2.23. The molecule has 2 aromatic rings. The summed E-state index contributed by atoms with van der Waals surface area (Å²) in [6.07, 6.45) is 1.52. The number of carbonyl (C=O) groups excluding carboxylic acids is 1. The second-order valence-electron chi connectivity index (χ2n) is 3.18. The molecule has 0 aliphatic heterocycles. The SMILES string of the molecule is CCOC(=O)c1ccnc2n[nH]c(CN)c12. The Morgan fingerprint density at radius 1 is 1.62 bits per heavy atom. The van der Waals surface area contributed by atoms with E-state index in [1.165, 1.54) is 6.20 Å². The van der Waals surface area contributed by atoms with Crippen LogP contribution in [-0.2, 0) is 11.3 Å². The minimum atomic E-state index is -0.383. The lowest BCUT2D eigenvalue weighted by Crippen LogP contribution is -2.07. The van der Waals surface area contributed by atoms with Crippen LogP contribution in [0, 0.1) is 0 Å². The third kappa shape index (κ3) is 1.63. The molecule has 0 atom stereocenters. The Balaban J connectivity index is 2.59. The van der Waals surface area contributed by atoms with Crippen molar-refractivity contribution in [1.82, 2.24) is 15.2 Å². The molecule has 0 saturated heterocycles. The lowest BCUT2D eigenvalue weighted by molar-refractivity contribution is 0.0528. The fourth-order valence-corrected chi connectivity index (χ4v) is 1.54. The minimum Gasteiger partial charge on any atom is -0.462 e. The van der Waals surface area contributed by atoms with Gasteiger partial charge in [-0.2, -0.15) is 5.10 Å². The van der Waals surface area contributed by atoms with Gasteiger partial charge in [-0.3, -0.25) is 5.10 Å². The summed E-state index contributed by atoms with van der Waals surface area (Å²) in [5.74, 6) is -0.383. The minimum absolute atomic E-state index is 0.272. The second kappa shape index (κ2) is 4.28. The van der Waals surface area contributed by atoms with Gasteiger partial charge in [0.15, 0.2) is 5.65 Å². The van der Waals surface area contributed by atoms with Crippen molar-refractivity contribution >= 4 is 17.0 Å². The van der Waals surface area contributed by atoms with Gasteiger partial charge in [-0.1, -0.05) is 0 Å². The number of H-pyrrole nitrogens is 1. The van der Waals surface area contributed by atoms with Crippen molar-refractivity contribution in [3.05, 3.63) is 23.5 Å². The number of rotatable bonds is 3. The predicted molar refractivity (Wildman–Crippen MR) is 57.7 cm³/mol.